The summed E-state index contributed by atoms with van der Waals surface area (Å²) in [5, 5.41) is 0. The largest absolute Gasteiger partial charge is 0.452 e. The number of aromatic nitrogens is 1. The molecule has 0 radical (unpaired) electrons. The van der Waals surface area contributed by atoms with Crippen LogP contribution in [-0.4, -0.2) is 47.8 Å². The molecule has 0 saturated carbocycles. The molecular formula is C29H31N3O4. The van der Waals surface area contributed by atoms with Crippen molar-refractivity contribution in [3.63, 3.8) is 0 Å². The number of carbonyl (C=O) groups excluding carboxylic acids is 1. The third kappa shape index (κ3) is 4.41. The zero-order valence-electron chi connectivity index (χ0n) is 21.4. The molecule has 2 aromatic rings. The van der Waals surface area contributed by atoms with Crippen LogP contribution in [0.3, 0.4) is 0 Å². The third-order valence-corrected chi connectivity index (χ3v) is 6.69. The van der Waals surface area contributed by atoms with Crippen molar-refractivity contribution in [2.45, 2.75) is 40.2 Å². The first kappa shape index (κ1) is 23.9. The van der Waals surface area contributed by atoms with Crippen LogP contribution < -0.4 is 10.3 Å². The van der Waals surface area contributed by atoms with Crippen molar-refractivity contribution in [1.82, 2.24) is 9.88 Å². The maximum atomic E-state index is 13.4. The van der Waals surface area contributed by atoms with E-state index in [-0.39, 0.29) is 11.5 Å². The molecule has 2 heterocycles. The Balaban J connectivity index is 1.43. The molecule has 1 aliphatic carbocycles. The van der Waals surface area contributed by atoms with Crippen LogP contribution in [0.1, 0.15) is 31.9 Å². The van der Waals surface area contributed by atoms with E-state index in [9.17, 15) is 9.59 Å². The Hall–Kier alpha value is -3.87. The first-order valence-corrected chi connectivity index (χ1v) is 12.3. The van der Waals surface area contributed by atoms with Crippen LogP contribution in [0.15, 0.2) is 57.7 Å². The second-order valence-corrected chi connectivity index (χ2v) is 10.3. The highest BCUT2D eigenvalue weighted by Gasteiger charge is 2.27. The molecule has 7 nitrogen and oxygen atoms in total. The summed E-state index contributed by atoms with van der Waals surface area (Å²) in [5.41, 5.74) is 5.47. The Labute approximate surface area is 210 Å². The lowest BCUT2D eigenvalue weighted by Gasteiger charge is -2.36. The lowest BCUT2D eigenvalue weighted by atomic mass is 9.93. The Morgan fingerprint density at radius 1 is 0.944 bits per heavy atom. The molecular weight excluding hydrogens is 454 g/mol. The lowest BCUT2D eigenvalue weighted by Crippen LogP contribution is -2.50. The van der Waals surface area contributed by atoms with Crippen molar-refractivity contribution in [3.8, 4) is 22.6 Å². The minimum absolute atomic E-state index is 0.0421. The monoisotopic (exact) mass is 485 g/mol. The number of fused-ring (bicyclic) bond motifs is 2. The molecule has 0 aromatic heterocycles. The quantitative estimate of drug-likeness (QED) is 0.342. The van der Waals surface area contributed by atoms with Gasteiger partial charge in [-0.2, -0.15) is 0 Å². The number of anilines is 1. The predicted molar refractivity (Wildman–Crippen MR) is 142 cm³/mol. The van der Waals surface area contributed by atoms with Gasteiger partial charge in [0.2, 0.25) is 0 Å². The minimum Gasteiger partial charge on any atom is -0.452 e. The normalized spacial score (nSPS) is 14.5. The molecule has 1 fully saturated rings. The first-order valence-electron chi connectivity index (χ1n) is 12.3. The molecule has 0 atom stereocenters. The van der Waals surface area contributed by atoms with Gasteiger partial charge in [-0.1, -0.05) is 24.3 Å². The SMILES string of the molecule is Cc1c2nc3ccccc3oc-2c(-c2ccc(N3CCN(C(=O)OC(C)(C)C)CC3)cc2)c(=O)c1C. The number of hydrogen-bond donors (Lipinski definition) is 0. The summed E-state index contributed by atoms with van der Waals surface area (Å²) < 4.78 is 11.7. The molecule has 7 heteroatoms. The smallest absolute Gasteiger partial charge is 0.410 e. The summed E-state index contributed by atoms with van der Waals surface area (Å²) in [6.45, 7) is 12.0. The van der Waals surface area contributed by atoms with Crippen molar-refractivity contribution >= 4 is 22.9 Å². The van der Waals surface area contributed by atoms with Gasteiger partial charge in [-0.25, -0.2) is 9.78 Å². The third-order valence-electron chi connectivity index (χ3n) is 6.69. The fourth-order valence-electron chi connectivity index (χ4n) is 4.60. The van der Waals surface area contributed by atoms with Gasteiger partial charge in [0.05, 0.1) is 5.56 Å². The predicted octanol–water partition coefficient (Wildman–Crippen LogP) is 5.63. The van der Waals surface area contributed by atoms with E-state index in [2.05, 4.69) is 4.90 Å². The Morgan fingerprint density at radius 2 is 1.61 bits per heavy atom. The average Bonchev–Trinajstić information content (AvgIpc) is 2.86. The van der Waals surface area contributed by atoms with Crippen LogP contribution in [0.2, 0.25) is 0 Å². The molecule has 3 aliphatic rings. The van der Waals surface area contributed by atoms with E-state index >= 15 is 0 Å². The van der Waals surface area contributed by atoms with Crippen molar-refractivity contribution in [2.75, 3.05) is 31.1 Å². The minimum atomic E-state index is -0.503. The summed E-state index contributed by atoms with van der Waals surface area (Å²) in [4.78, 5) is 34.6. The number of hydrogen-bond acceptors (Lipinski definition) is 6. The van der Waals surface area contributed by atoms with Crippen LogP contribution in [-0.2, 0) is 4.74 Å². The van der Waals surface area contributed by atoms with Crippen molar-refractivity contribution < 1.29 is 13.9 Å². The fourth-order valence-corrected chi connectivity index (χ4v) is 4.60. The van der Waals surface area contributed by atoms with Crippen LogP contribution >= 0.6 is 0 Å². The Bertz CT molecular complexity index is 1460. The van der Waals surface area contributed by atoms with Gasteiger partial charge in [0, 0.05) is 37.4 Å². The van der Waals surface area contributed by atoms with Crippen LogP contribution in [0.25, 0.3) is 33.7 Å². The van der Waals surface area contributed by atoms with Gasteiger partial charge in [0.1, 0.15) is 16.8 Å². The van der Waals surface area contributed by atoms with Crippen molar-refractivity contribution in [1.29, 1.82) is 0 Å². The number of amides is 1. The zero-order valence-corrected chi connectivity index (χ0v) is 21.4. The summed E-state index contributed by atoms with van der Waals surface area (Å²) >= 11 is 0. The van der Waals surface area contributed by atoms with Gasteiger partial charge in [-0.15, -0.1) is 0 Å². The highest BCUT2D eigenvalue weighted by Crippen LogP contribution is 2.36. The van der Waals surface area contributed by atoms with E-state index < -0.39 is 5.60 Å². The van der Waals surface area contributed by atoms with Gasteiger partial charge >= 0.3 is 6.09 Å². The molecule has 0 bridgehead atoms. The number of para-hydroxylation sites is 2. The van der Waals surface area contributed by atoms with Crippen molar-refractivity contribution in [2.24, 2.45) is 0 Å². The summed E-state index contributed by atoms with van der Waals surface area (Å²) in [5.74, 6) is 0.514. The second kappa shape index (κ2) is 8.97. The Morgan fingerprint density at radius 3 is 2.28 bits per heavy atom. The van der Waals surface area contributed by atoms with E-state index in [0.29, 0.717) is 54.3 Å². The second-order valence-electron chi connectivity index (χ2n) is 10.3. The maximum absolute atomic E-state index is 13.4. The number of nitrogens with zero attached hydrogens (tertiary/aromatic N) is 3. The highest BCUT2D eigenvalue weighted by atomic mass is 16.6. The van der Waals surface area contributed by atoms with Crippen LogP contribution in [0, 0.1) is 13.8 Å². The fraction of sp³-hybridized carbons (Fsp3) is 0.345. The number of piperazine rings is 1. The molecule has 0 N–H and O–H groups in total. The zero-order chi connectivity index (χ0) is 25.6. The van der Waals surface area contributed by atoms with E-state index in [1.165, 1.54) is 0 Å². The van der Waals surface area contributed by atoms with Gasteiger partial charge in [0.15, 0.2) is 16.8 Å². The van der Waals surface area contributed by atoms with E-state index in [1.807, 2.05) is 83.1 Å². The molecule has 0 spiro atoms. The number of rotatable bonds is 2. The Kier molecular flexibility index (Phi) is 5.94. The molecule has 5 rings (SSSR count). The van der Waals surface area contributed by atoms with E-state index in [1.54, 1.807) is 4.90 Å². The average molecular weight is 486 g/mol. The molecule has 186 valence electrons. The number of carbonyl (C=O) groups is 1. The maximum Gasteiger partial charge on any atom is 0.410 e. The molecule has 1 saturated heterocycles. The molecule has 1 amide bonds. The molecule has 0 unspecified atom stereocenters. The van der Waals surface area contributed by atoms with E-state index in [0.717, 1.165) is 22.3 Å². The number of ether oxygens (including phenoxy) is 1. The van der Waals surface area contributed by atoms with E-state index in [4.69, 9.17) is 14.1 Å². The topological polar surface area (TPSA) is 75.9 Å². The summed E-state index contributed by atoms with van der Waals surface area (Å²) in [7, 11) is 0. The standard InChI is InChI=1S/C29H31N3O4/c1-18-19(2)26(33)24(27-25(18)30-22-8-6-7-9-23(22)35-27)20-10-12-21(13-11-20)31-14-16-32(17-15-31)28(34)36-29(3,4)5/h6-13H,14-17H2,1-5H3. The van der Waals surface area contributed by atoms with Crippen LogP contribution in [0.5, 0.6) is 0 Å². The molecule has 36 heavy (non-hydrogen) atoms. The van der Waals surface area contributed by atoms with Gasteiger partial charge in [-0.05, 0) is 70.0 Å². The van der Waals surface area contributed by atoms with Gasteiger partial charge in [-0.3, -0.25) is 4.79 Å². The highest BCUT2D eigenvalue weighted by molar-refractivity contribution is 5.86. The van der Waals surface area contributed by atoms with Gasteiger partial charge in [0.25, 0.3) is 0 Å². The first-order chi connectivity index (χ1) is 17.1. The number of benzene rings is 3. The molecule has 2 aliphatic heterocycles. The molecule has 2 aromatic carbocycles. The van der Waals surface area contributed by atoms with Crippen LogP contribution in [0.4, 0.5) is 10.5 Å². The van der Waals surface area contributed by atoms with Gasteiger partial charge < -0.3 is 19.0 Å². The summed E-state index contributed by atoms with van der Waals surface area (Å²) in [6, 6.07) is 15.6. The lowest BCUT2D eigenvalue weighted by molar-refractivity contribution is 0.0240. The van der Waals surface area contributed by atoms with Crippen molar-refractivity contribution in [3.05, 3.63) is 69.9 Å². The summed E-state index contributed by atoms with van der Waals surface area (Å²) in [6.07, 6.45) is -0.271.